The molecular formula is C13H14F6O4. The molecule has 3 unspecified atom stereocenters. The highest BCUT2D eigenvalue weighted by molar-refractivity contribution is 5.88. The van der Waals surface area contributed by atoms with Crippen molar-refractivity contribution in [3.8, 4) is 0 Å². The van der Waals surface area contributed by atoms with Crippen LogP contribution in [0.3, 0.4) is 0 Å². The first-order valence-corrected chi connectivity index (χ1v) is 6.34. The average molecular weight is 348 g/mol. The molecule has 0 aromatic rings. The molecule has 1 N–H and O–H groups in total. The number of hydrogen-bond acceptors (Lipinski definition) is 3. The summed E-state index contributed by atoms with van der Waals surface area (Å²) in [6, 6.07) is 0. The second-order valence-corrected chi connectivity index (χ2v) is 5.85. The van der Waals surface area contributed by atoms with Gasteiger partial charge in [-0.05, 0) is 18.3 Å². The van der Waals surface area contributed by atoms with E-state index in [4.69, 9.17) is 5.11 Å². The van der Waals surface area contributed by atoms with E-state index in [9.17, 15) is 35.9 Å². The summed E-state index contributed by atoms with van der Waals surface area (Å²) in [4.78, 5) is 22.4. The first-order valence-electron chi connectivity index (χ1n) is 6.34. The van der Waals surface area contributed by atoms with Crippen molar-refractivity contribution in [1.82, 2.24) is 0 Å². The van der Waals surface area contributed by atoms with E-state index in [1.54, 1.807) is 13.8 Å². The fourth-order valence-electron chi connectivity index (χ4n) is 2.24. The van der Waals surface area contributed by atoms with Crippen LogP contribution in [0, 0.1) is 17.3 Å². The molecule has 10 heteroatoms. The fraction of sp³-hybridized carbons (Fsp3) is 0.692. The fourth-order valence-corrected chi connectivity index (χ4v) is 2.24. The van der Waals surface area contributed by atoms with Crippen LogP contribution in [0.5, 0.6) is 0 Å². The zero-order chi connectivity index (χ0) is 18.4. The number of alkyl halides is 6. The number of rotatable bonds is 5. The second kappa shape index (κ2) is 5.72. The van der Waals surface area contributed by atoms with Gasteiger partial charge >= 0.3 is 30.4 Å². The first kappa shape index (κ1) is 19.3. The molecule has 0 amide bonds. The van der Waals surface area contributed by atoms with Crippen molar-refractivity contribution in [3.05, 3.63) is 11.6 Å². The maximum absolute atomic E-state index is 13.3. The van der Waals surface area contributed by atoms with Crippen LogP contribution in [0.25, 0.3) is 0 Å². The predicted molar refractivity (Wildman–Crippen MR) is 64.1 cm³/mol. The van der Waals surface area contributed by atoms with E-state index in [0.717, 1.165) is 13.0 Å². The SMILES string of the molecule is C/C(=C\C1C(C(=O)O)C1(C)C)C(=O)OC(F)(C(F)F)C(F)(F)F. The van der Waals surface area contributed by atoms with Gasteiger partial charge in [0, 0.05) is 5.57 Å². The van der Waals surface area contributed by atoms with Crippen LogP contribution >= 0.6 is 0 Å². The van der Waals surface area contributed by atoms with Gasteiger partial charge < -0.3 is 9.84 Å². The number of allylic oxidation sites excluding steroid dienone is 1. The largest absolute Gasteiger partial charge is 0.481 e. The molecule has 0 spiro atoms. The molecule has 0 bridgehead atoms. The van der Waals surface area contributed by atoms with Crippen molar-refractivity contribution in [2.75, 3.05) is 0 Å². The van der Waals surface area contributed by atoms with Crippen LogP contribution in [0.15, 0.2) is 11.6 Å². The molecule has 23 heavy (non-hydrogen) atoms. The monoisotopic (exact) mass is 348 g/mol. The van der Waals surface area contributed by atoms with E-state index in [2.05, 4.69) is 4.74 Å². The molecule has 0 aromatic carbocycles. The molecule has 1 fully saturated rings. The summed E-state index contributed by atoms with van der Waals surface area (Å²) in [5, 5.41) is 8.92. The quantitative estimate of drug-likeness (QED) is 0.470. The van der Waals surface area contributed by atoms with E-state index in [1.807, 2.05) is 0 Å². The number of carboxylic acid groups (broad SMARTS) is 1. The van der Waals surface area contributed by atoms with E-state index in [-0.39, 0.29) is 0 Å². The van der Waals surface area contributed by atoms with E-state index in [0.29, 0.717) is 0 Å². The summed E-state index contributed by atoms with van der Waals surface area (Å²) in [6.07, 6.45) is -9.74. The molecule has 132 valence electrons. The van der Waals surface area contributed by atoms with Gasteiger partial charge in [0.25, 0.3) is 0 Å². The predicted octanol–water partition coefficient (Wildman–Crippen LogP) is 3.33. The Labute approximate surface area is 127 Å². The molecule has 4 nitrogen and oxygen atoms in total. The highest BCUT2D eigenvalue weighted by Gasteiger charge is 2.67. The first-order chi connectivity index (χ1) is 10.2. The smallest absolute Gasteiger partial charge is 0.466 e. The Bertz CT molecular complexity index is 539. The summed E-state index contributed by atoms with van der Waals surface area (Å²) in [7, 11) is 0. The van der Waals surface area contributed by atoms with Gasteiger partial charge in [-0.2, -0.15) is 17.6 Å². The van der Waals surface area contributed by atoms with E-state index >= 15 is 0 Å². The van der Waals surface area contributed by atoms with Gasteiger partial charge in [0.05, 0.1) is 5.92 Å². The van der Waals surface area contributed by atoms with Crippen molar-refractivity contribution in [3.63, 3.8) is 0 Å². The van der Waals surface area contributed by atoms with Crippen LogP contribution < -0.4 is 0 Å². The van der Waals surface area contributed by atoms with Crippen molar-refractivity contribution in [1.29, 1.82) is 0 Å². The Morgan fingerprint density at radius 2 is 1.70 bits per heavy atom. The Hall–Kier alpha value is -1.74. The minimum atomic E-state index is -6.11. The average Bonchev–Trinajstić information content (AvgIpc) is 2.88. The van der Waals surface area contributed by atoms with Crippen LogP contribution in [-0.2, 0) is 14.3 Å². The van der Waals surface area contributed by atoms with Crippen molar-refractivity contribution < 1.29 is 45.8 Å². The Balaban J connectivity index is 2.94. The van der Waals surface area contributed by atoms with Crippen LogP contribution in [-0.4, -0.2) is 35.5 Å². The lowest BCUT2D eigenvalue weighted by atomic mass is 10.1. The Morgan fingerprint density at radius 1 is 1.22 bits per heavy atom. The van der Waals surface area contributed by atoms with Gasteiger partial charge in [-0.3, -0.25) is 4.79 Å². The van der Waals surface area contributed by atoms with E-state index < -0.39 is 53.2 Å². The number of carbonyl (C=O) groups is 2. The van der Waals surface area contributed by atoms with Crippen molar-refractivity contribution >= 4 is 11.9 Å². The molecular weight excluding hydrogens is 334 g/mol. The molecule has 0 saturated heterocycles. The topological polar surface area (TPSA) is 63.6 Å². The number of carboxylic acids is 1. The summed E-state index contributed by atoms with van der Waals surface area (Å²) >= 11 is 0. The lowest BCUT2D eigenvalue weighted by Gasteiger charge is -2.26. The normalized spacial score (nSPS) is 26.6. The number of halogens is 6. The third kappa shape index (κ3) is 3.45. The minimum absolute atomic E-state index is 0.584. The molecule has 0 heterocycles. The standard InChI is InChI=1S/C13H14F6O4/c1-5(4-6-7(8(20)21)11(6,2)3)9(22)23-12(16,10(14)15)13(17,18)19/h4,6-7,10H,1-3H3,(H,20,21)/b5-4+. The zero-order valence-electron chi connectivity index (χ0n) is 12.2. The zero-order valence-corrected chi connectivity index (χ0v) is 12.2. The molecule has 1 aliphatic carbocycles. The van der Waals surface area contributed by atoms with Gasteiger partial charge in [0.2, 0.25) is 0 Å². The number of carbonyl (C=O) groups excluding carboxylic acids is 1. The molecule has 3 atom stereocenters. The lowest BCUT2D eigenvalue weighted by Crippen LogP contribution is -2.51. The third-order valence-electron chi connectivity index (χ3n) is 3.84. The van der Waals surface area contributed by atoms with Gasteiger partial charge in [-0.25, -0.2) is 13.6 Å². The number of hydrogen-bond donors (Lipinski definition) is 1. The molecule has 1 aliphatic rings. The molecule has 1 saturated carbocycles. The van der Waals surface area contributed by atoms with Gasteiger partial charge in [0.1, 0.15) is 0 Å². The van der Waals surface area contributed by atoms with Crippen LogP contribution in [0.2, 0.25) is 0 Å². The van der Waals surface area contributed by atoms with Gasteiger partial charge in [0.15, 0.2) is 0 Å². The molecule has 0 aliphatic heterocycles. The molecule has 1 rings (SSSR count). The third-order valence-corrected chi connectivity index (χ3v) is 3.84. The minimum Gasteiger partial charge on any atom is -0.481 e. The summed E-state index contributed by atoms with van der Waals surface area (Å²) in [5.74, 6) is -10.1. The summed E-state index contributed by atoms with van der Waals surface area (Å²) in [5.41, 5.74) is -1.36. The second-order valence-electron chi connectivity index (χ2n) is 5.85. The van der Waals surface area contributed by atoms with Crippen LogP contribution in [0.4, 0.5) is 26.3 Å². The summed E-state index contributed by atoms with van der Waals surface area (Å²) in [6.45, 7) is 4.01. The lowest BCUT2D eigenvalue weighted by molar-refractivity contribution is -0.354. The Morgan fingerprint density at radius 3 is 2.00 bits per heavy atom. The van der Waals surface area contributed by atoms with Crippen molar-refractivity contribution in [2.24, 2.45) is 17.3 Å². The molecule has 0 aromatic heterocycles. The number of aliphatic carboxylic acids is 1. The van der Waals surface area contributed by atoms with E-state index in [1.165, 1.54) is 0 Å². The van der Waals surface area contributed by atoms with Crippen LogP contribution in [0.1, 0.15) is 20.8 Å². The maximum Gasteiger partial charge on any atom is 0.466 e. The van der Waals surface area contributed by atoms with Gasteiger partial charge in [-0.15, -0.1) is 0 Å². The number of ether oxygens (including phenoxy) is 1. The molecule has 0 radical (unpaired) electrons. The Kier molecular flexibility index (Phi) is 4.80. The highest BCUT2D eigenvalue weighted by atomic mass is 19.4. The number of esters is 1. The summed E-state index contributed by atoms with van der Waals surface area (Å²) < 4.78 is 78.2. The van der Waals surface area contributed by atoms with Crippen molar-refractivity contribution in [2.45, 2.75) is 39.2 Å². The van der Waals surface area contributed by atoms with Gasteiger partial charge in [-0.1, -0.05) is 19.9 Å². The maximum atomic E-state index is 13.3. The highest BCUT2D eigenvalue weighted by Crippen LogP contribution is 2.59.